The summed E-state index contributed by atoms with van der Waals surface area (Å²) in [5.41, 5.74) is 1.24. The van der Waals surface area contributed by atoms with Crippen LogP contribution in [0.25, 0.3) is 0 Å². The molecular weight excluding hydrogens is 396 g/mol. The maximum atomic E-state index is 12.6. The molecule has 8 nitrogen and oxygen atoms in total. The molecule has 0 saturated carbocycles. The standard InChI is InChI=1S/C20H28N2O6S/c1-12(2)17(22-19(24)16-8-6-5-7-13(16)3)20(25)28-14(4)18(23)21-15-9-10-29(26,27)11-15/h5-8,12,14-15,17H,9-11H2,1-4H3,(H,21,23)(H,22,24)/t14-,15+,17+/m1/s1. The van der Waals surface area contributed by atoms with Crippen molar-refractivity contribution in [2.24, 2.45) is 5.92 Å². The molecule has 29 heavy (non-hydrogen) atoms. The summed E-state index contributed by atoms with van der Waals surface area (Å²) >= 11 is 0. The van der Waals surface area contributed by atoms with Gasteiger partial charge < -0.3 is 15.4 Å². The molecule has 160 valence electrons. The largest absolute Gasteiger partial charge is 0.451 e. The minimum Gasteiger partial charge on any atom is -0.451 e. The number of esters is 1. The molecule has 0 aromatic heterocycles. The second-order valence-corrected chi connectivity index (χ2v) is 9.93. The zero-order chi connectivity index (χ0) is 21.8. The van der Waals surface area contributed by atoms with E-state index >= 15 is 0 Å². The van der Waals surface area contributed by atoms with Crippen LogP contribution in [0.15, 0.2) is 24.3 Å². The lowest BCUT2D eigenvalue weighted by Crippen LogP contribution is -2.48. The number of aryl methyl sites for hydroxylation is 1. The number of hydrogen-bond donors (Lipinski definition) is 2. The zero-order valence-electron chi connectivity index (χ0n) is 17.1. The van der Waals surface area contributed by atoms with Crippen molar-refractivity contribution in [1.29, 1.82) is 0 Å². The van der Waals surface area contributed by atoms with E-state index in [0.717, 1.165) is 5.56 Å². The second kappa shape index (κ2) is 9.39. The maximum absolute atomic E-state index is 12.6. The molecule has 9 heteroatoms. The number of carbonyl (C=O) groups is 3. The summed E-state index contributed by atoms with van der Waals surface area (Å²) in [6.45, 7) is 6.74. The topological polar surface area (TPSA) is 119 Å². The molecule has 1 aromatic rings. The van der Waals surface area contributed by atoms with Crippen molar-refractivity contribution in [3.63, 3.8) is 0 Å². The van der Waals surface area contributed by atoms with Crippen LogP contribution in [0.2, 0.25) is 0 Å². The van der Waals surface area contributed by atoms with Gasteiger partial charge in [-0.05, 0) is 37.8 Å². The second-order valence-electron chi connectivity index (χ2n) is 7.70. The van der Waals surface area contributed by atoms with Crippen LogP contribution in [0.4, 0.5) is 0 Å². The van der Waals surface area contributed by atoms with Crippen LogP contribution in [0, 0.1) is 12.8 Å². The fourth-order valence-electron chi connectivity index (χ4n) is 3.07. The average Bonchev–Trinajstić information content (AvgIpc) is 2.97. The number of hydrogen-bond acceptors (Lipinski definition) is 6. The zero-order valence-corrected chi connectivity index (χ0v) is 17.9. The molecule has 0 spiro atoms. The maximum Gasteiger partial charge on any atom is 0.329 e. The van der Waals surface area contributed by atoms with E-state index in [-0.39, 0.29) is 17.4 Å². The van der Waals surface area contributed by atoms with Gasteiger partial charge in [0.1, 0.15) is 6.04 Å². The van der Waals surface area contributed by atoms with Crippen LogP contribution < -0.4 is 10.6 Å². The number of carbonyl (C=O) groups excluding carboxylic acids is 3. The van der Waals surface area contributed by atoms with Crippen LogP contribution >= 0.6 is 0 Å². The Balaban J connectivity index is 1.97. The monoisotopic (exact) mass is 424 g/mol. The van der Waals surface area contributed by atoms with Gasteiger partial charge in [0, 0.05) is 11.6 Å². The normalized spacial score (nSPS) is 20.0. The molecule has 1 fully saturated rings. The number of benzene rings is 1. The minimum atomic E-state index is -3.13. The predicted octanol–water partition coefficient (Wildman–Crippen LogP) is 0.984. The summed E-state index contributed by atoms with van der Waals surface area (Å²) in [5.74, 6) is -2.01. The molecule has 1 aliphatic heterocycles. The summed E-state index contributed by atoms with van der Waals surface area (Å²) < 4.78 is 28.3. The first-order chi connectivity index (χ1) is 13.5. The molecule has 2 N–H and O–H groups in total. The third-order valence-corrected chi connectivity index (χ3v) is 6.61. The Morgan fingerprint density at radius 2 is 1.79 bits per heavy atom. The van der Waals surface area contributed by atoms with Crippen molar-refractivity contribution >= 4 is 27.6 Å². The lowest BCUT2D eigenvalue weighted by Gasteiger charge is -2.23. The molecule has 2 amide bonds. The van der Waals surface area contributed by atoms with E-state index in [2.05, 4.69) is 10.6 Å². The van der Waals surface area contributed by atoms with Gasteiger partial charge >= 0.3 is 5.97 Å². The first-order valence-electron chi connectivity index (χ1n) is 9.58. The van der Waals surface area contributed by atoms with Crippen molar-refractivity contribution in [3.8, 4) is 0 Å². The Morgan fingerprint density at radius 3 is 2.34 bits per heavy atom. The third kappa shape index (κ3) is 6.28. The van der Waals surface area contributed by atoms with Crippen molar-refractivity contribution in [3.05, 3.63) is 35.4 Å². The van der Waals surface area contributed by atoms with E-state index in [4.69, 9.17) is 4.74 Å². The summed E-state index contributed by atoms with van der Waals surface area (Å²) in [6, 6.07) is 5.61. The summed E-state index contributed by atoms with van der Waals surface area (Å²) in [7, 11) is -3.13. The van der Waals surface area contributed by atoms with Gasteiger partial charge in [0.25, 0.3) is 11.8 Å². The van der Waals surface area contributed by atoms with Gasteiger partial charge in [-0.25, -0.2) is 13.2 Å². The lowest BCUT2D eigenvalue weighted by molar-refractivity contribution is -0.157. The quantitative estimate of drug-likeness (QED) is 0.630. The Labute approximate surface area is 171 Å². The van der Waals surface area contributed by atoms with Crippen molar-refractivity contribution in [1.82, 2.24) is 10.6 Å². The van der Waals surface area contributed by atoms with Crippen molar-refractivity contribution < 1.29 is 27.5 Å². The van der Waals surface area contributed by atoms with Gasteiger partial charge in [-0.3, -0.25) is 9.59 Å². The Kier molecular flexibility index (Phi) is 7.40. The highest BCUT2D eigenvalue weighted by Crippen LogP contribution is 2.13. The number of ether oxygens (including phenoxy) is 1. The fraction of sp³-hybridized carbons (Fsp3) is 0.550. The Hall–Kier alpha value is -2.42. The number of nitrogens with one attached hydrogen (secondary N) is 2. The highest BCUT2D eigenvalue weighted by molar-refractivity contribution is 7.91. The van der Waals surface area contributed by atoms with Crippen LogP contribution in [0.1, 0.15) is 43.1 Å². The highest BCUT2D eigenvalue weighted by Gasteiger charge is 2.33. The first kappa shape index (κ1) is 22.9. The van der Waals surface area contributed by atoms with Crippen LogP contribution in [-0.4, -0.2) is 55.9 Å². The van der Waals surface area contributed by atoms with Crippen LogP contribution in [0.5, 0.6) is 0 Å². The van der Waals surface area contributed by atoms with E-state index in [0.29, 0.717) is 12.0 Å². The molecule has 1 heterocycles. The molecule has 1 aliphatic rings. The number of amides is 2. The summed E-state index contributed by atoms with van der Waals surface area (Å²) in [5, 5.41) is 5.28. The summed E-state index contributed by atoms with van der Waals surface area (Å²) in [6.07, 6.45) is -0.766. The molecule has 0 aliphatic carbocycles. The number of rotatable bonds is 7. The molecular formula is C20H28N2O6S. The molecule has 1 saturated heterocycles. The van der Waals surface area contributed by atoms with E-state index in [1.165, 1.54) is 6.92 Å². The van der Waals surface area contributed by atoms with E-state index < -0.39 is 45.8 Å². The highest BCUT2D eigenvalue weighted by atomic mass is 32.2. The van der Waals surface area contributed by atoms with Gasteiger partial charge in [0.05, 0.1) is 11.5 Å². The molecule has 0 unspecified atom stereocenters. The Bertz CT molecular complexity index is 881. The lowest BCUT2D eigenvalue weighted by atomic mass is 10.0. The van der Waals surface area contributed by atoms with Crippen molar-refractivity contribution in [2.75, 3.05) is 11.5 Å². The first-order valence-corrected chi connectivity index (χ1v) is 11.4. The van der Waals surface area contributed by atoms with Gasteiger partial charge in [-0.15, -0.1) is 0 Å². The number of sulfone groups is 1. The van der Waals surface area contributed by atoms with Gasteiger partial charge in [-0.2, -0.15) is 0 Å². The van der Waals surface area contributed by atoms with E-state index in [9.17, 15) is 22.8 Å². The van der Waals surface area contributed by atoms with Crippen LogP contribution in [0.3, 0.4) is 0 Å². The predicted molar refractivity (Wildman–Crippen MR) is 108 cm³/mol. The van der Waals surface area contributed by atoms with Gasteiger partial charge in [0.2, 0.25) is 0 Å². The molecule has 3 atom stereocenters. The third-order valence-electron chi connectivity index (χ3n) is 4.84. The van der Waals surface area contributed by atoms with Gasteiger partial charge in [-0.1, -0.05) is 32.0 Å². The fourth-order valence-corrected chi connectivity index (χ4v) is 4.75. The average molecular weight is 425 g/mol. The molecule has 0 bridgehead atoms. The van der Waals surface area contributed by atoms with Crippen molar-refractivity contribution in [2.45, 2.75) is 52.3 Å². The molecule has 0 radical (unpaired) electrons. The SMILES string of the molecule is Cc1ccccc1C(=O)N[C@H](C(=O)O[C@H](C)C(=O)N[C@H]1CCS(=O)(=O)C1)C(C)C. The smallest absolute Gasteiger partial charge is 0.329 e. The summed E-state index contributed by atoms with van der Waals surface area (Å²) in [4.78, 5) is 37.4. The van der Waals surface area contributed by atoms with E-state index in [1.807, 2.05) is 6.07 Å². The molecule has 2 rings (SSSR count). The van der Waals surface area contributed by atoms with Crippen LogP contribution in [-0.2, 0) is 24.2 Å². The van der Waals surface area contributed by atoms with E-state index in [1.54, 1.807) is 39.0 Å². The molecule has 1 aromatic carbocycles. The minimum absolute atomic E-state index is 0.0342. The Morgan fingerprint density at radius 1 is 1.14 bits per heavy atom. The van der Waals surface area contributed by atoms with Gasteiger partial charge in [0.15, 0.2) is 15.9 Å².